The Bertz CT molecular complexity index is 486. The maximum absolute atomic E-state index is 13.1. The summed E-state index contributed by atoms with van der Waals surface area (Å²) in [4.78, 5) is 11.9. The smallest absolute Gasteiger partial charge is 0.338 e. The molecule has 108 valence electrons. The van der Waals surface area contributed by atoms with Crippen molar-refractivity contribution in [3.8, 4) is 0 Å². The van der Waals surface area contributed by atoms with Gasteiger partial charge in [-0.2, -0.15) is 0 Å². The first-order valence-electron chi connectivity index (χ1n) is 6.91. The van der Waals surface area contributed by atoms with Crippen molar-refractivity contribution in [1.29, 1.82) is 0 Å². The maximum atomic E-state index is 13.1. The third kappa shape index (κ3) is 2.83. The first-order chi connectivity index (χ1) is 9.67. The zero-order valence-corrected chi connectivity index (χ0v) is 11.1. The van der Waals surface area contributed by atoms with Crippen LogP contribution in [0.5, 0.6) is 0 Å². The summed E-state index contributed by atoms with van der Waals surface area (Å²) >= 11 is 0. The molecule has 1 spiro atoms. The Morgan fingerprint density at radius 2 is 1.95 bits per heavy atom. The Balaban J connectivity index is 1.55. The van der Waals surface area contributed by atoms with Gasteiger partial charge in [0.25, 0.3) is 0 Å². The normalized spacial score (nSPS) is 22.1. The van der Waals surface area contributed by atoms with E-state index in [2.05, 4.69) is 0 Å². The van der Waals surface area contributed by atoms with Crippen molar-refractivity contribution in [3.63, 3.8) is 0 Å². The summed E-state index contributed by atoms with van der Waals surface area (Å²) in [5, 5.41) is 0. The van der Waals surface area contributed by atoms with Gasteiger partial charge < -0.3 is 14.2 Å². The number of ether oxygens (including phenoxy) is 3. The van der Waals surface area contributed by atoms with E-state index in [1.54, 1.807) is 6.07 Å². The van der Waals surface area contributed by atoms with Crippen LogP contribution in [0, 0.1) is 5.82 Å². The molecule has 0 N–H and O–H groups in total. The van der Waals surface area contributed by atoms with Gasteiger partial charge in [-0.25, -0.2) is 9.18 Å². The van der Waals surface area contributed by atoms with Gasteiger partial charge in [-0.05, 0) is 31.0 Å². The van der Waals surface area contributed by atoms with E-state index in [9.17, 15) is 9.18 Å². The molecule has 2 fully saturated rings. The van der Waals surface area contributed by atoms with E-state index in [1.165, 1.54) is 18.2 Å². The van der Waals surface area contributed by atoms with Crippen molar-refractivity contribution < 1.29 is 23.4 Å². The monoisotopic (exact) mass is 280 g/mol. The molecule has 1 heterocycles. The number of hydrogen-bond acceptors (Lipinski definition) is 4. The van der Waals surface area contributed by atoms with Crippen LogP contribution in [0.3, 0.4) is 0 Å². The van der Waals surface area contributed by atoms with Crippen LogP contribution < -0.4 is 0 Å². The molecule has 1 aliphatic carbocycles. The summed E-state index contributed by atoms with van der Waals surface area (Å²) in [5.41, 5.74) is 0.249. The Morgan fingerprint density at radius 3 is 2.60 bits per heavy atom. The van der Waals surface area contributed by atoms with E-state index < -0.39 is 17.6 Å². The van der Waals surface area contributed by atoms with Gasteiger partial charge in [0.15, 0.2) is 5.79 Å². The third-order valence-electron chi connectivity index (χ3n) is 3.84. The zero-order valence-electron chi connectivity index (χ0n) is 11.1. The lowest BCUT2D eigenvalue weighted by molar-refractivity contribution is -0.188. The lowest BCUT2D eigenvalue weighted by Gasteiger charge is -2.34. The van der Waals surface area contributed by atoms with Crippen LogP contribution in [-0.2, 0) is 14.2 Å². The number of rotatable bonds is 2. The van der Waals surface area contributed by atoms with Crippen LogP contribution in [0.4, 0.5) is 4.39 Å². The zero-order chi connectivity index (χ0) is 14.0. The summed E-state index contributed by atoms with van der Waals surface area (Å²) in [7, 11) is 0. The van der Waals surface area contributed by atoms with Crippen molar-refractivity contribution in [3.05, 3.63) is 35.6 Å². The molecular formula is C15H17FO4. The van der Waals surface area contributed by atoms with Gasteiger partial charge in [0.2, 0.25) is 0 Å². The largest absolute Gasteiger partial charge is 0.459 e. The maximum Gasteiger partial charge on any atom is 0.338 e. The van der Waals surface area contributed by atoms with Crippen LogP contribution in [-0.4, -0.2) is 31.1 Å². The second-order valence-electron chi connectivity index (χ2n) is 5.22. The minimum Gasteiger partial charge on any atom is -0.459 e. The van der Waals surface area contributed by atoms with E-state index in [1.807, 2.05) is 0 Å². The molecule has 0 aromatic heterocycles. The molecule has 0 radical (unpaired) electrons. The average molecular weight is 280 g/mol. The van der Waals surface area contributed by atoms with Gasteiger partial charge >= 0.3 is 5.97 Å². The number of carbonyl (C=O) groups is 1. The molecular weight excluding hydrogens is 263 g/mol. The molecule has 1 aromatic rings. The number of halogens is 1. The van der Waals surface area contributed by atoms with Crippen LogP contribution in [0.2, 0.25) is 0 Å². The van der Waals surface area contributed by atoms with Gasteiger partial charge in [-0.1, -0.05) is 6.07 Å². The fourth-order valence-corrected chi connectivity index (χ4v) is 2.77. The van der Waals surface area contributed by atoms with E-state index in [0.29, 0.717) is 26.1 Å². The number of hydrogen-bond donors (Lipinski definition) is 0. The molecule has 20 heavy (non-hydrogen) atoms. The predicted octanol–water partition coefficient (Wildman–Crippen LogP) is 2.67. The minimum absolute atomic E-state index is 0.149. The van der Waals surface area contributed by atoms with Gasteiger partial charge in [-0.15, -0.1) is 0 Å². The Morgan fingerprint density at radius 1 is 1.25 bits per heavy atom. The van der Waals surface area contributed by atoms with Crippen molar-refractivity contribution >= 4 is 5.97 Å². The Labute approximate surface area is 116 Å². The Kier molecular flexibility index (Phi) is 3.72. The van der Waals surface area contributed by atoms with Gasteiger partial charge in [0, 0.05) is 12.8 Å². The summed E-state index contributed by atoms with van der Waals surface area (Å²) in [6.45, 7) is 1.27. The topological polar surface area (TPSA) is 44.8 Å². The number of esters is 1. The molecule has 5 heteroatoms. The van der Waals surface area contributed by atoms with Crippen LogP contribution in [0.25, 0.3) is 0 Å². The highest BCUT2D eigenvalue weighted by atomic mass is 19.1. The van der Waals surface area contributed by atoms with E-state index in [0.717, 1.165) is 12.8 Å². The summed E-state index contributed by atoms with van der Waals surface area (Å²) in [5.74, 6) is -1.37. The standard InChI is InChI=1S/C15H17FO4/c16-12-3-1-2-11(10-12)14(17)20-13-4-6-15(7-5-13)18-8-9-19-15/h1-3,10,13H,4-9H2. The summed E-state index contributed by atoms with van der Waals surface area (Å²) in [6.07, 6.45) is 2.73. The minimum atomic E-state index is -0.473. The highest BCUT2D eigenvalue weighted by molar-refractivity contribution is 5.89. The molecule has 0 amide bonds. The quantitative estimate of drug-likeness (QED) is 0.781. The predicted molar refractivity (Wildman–Crippen MR) is 68.7 cm³/mol. The lowest BCUT2D eigenvalue weighted by atomic mass is 9.92. The van der Waals surface area contributed by atoms with Crippen LogP contribution in [0.15, 0.2) is 24.3 Å². The Hall–Kier alpha value is -1.46. The second-order valence-corrected chi connectivity index (χ2v) is 5.22. The fourth-order valence-electron chi connectivity index (χ4n) is 2.77. The molecule has 2 aliphatic rings. The van der Waals surface area contributed by atoms with Crippen molar-refractivity contribution in [2.45, 2.75) is 37.6 Å². The molecule has 3 rings (SSSR count). The summed E-state index contributed by atoms with van der Waals surface area (Å²) < 4.78 is 29.7. The number of carbonyl (C=O) groups excluding carboxylic acids is 1. The lowest BCUT2D eigenvalue weighted by Crippen LogP contribution is -2.38. The molecule has 1 saturated heterocycles. The van der Waals surface area contributed by atoms with Crippen LogP contribution >= 0.6 is 0 Å². The van der Waals surface area contributed by atoms with E-state index >= 15 is 0 Å². The molecule has 4 nitrogen and oxygen atoms in total. The molecule has 1 saturated carbocycles. The molecule has 1 aromatic carbocycles. The fraction of sp³-hybridized carbons (Fsp3) is 0.533. The first kappa shape index (κ1) is 13.5. The summed E-state index contributed by atoms with van der Waals surface area (Å²) in [6, 6.07) is 5.55. The highest BCUT2D eigenvalue weighted by Crippen LogP contribution is 2.36. The highest BCUT2D eigenvalue weighted by Gasteiger charge is 2.41. The number of benzene rings is 1. The van der Waals surface area contributed by atoms with Gasteiger partial charge in [0.05, 0.1) is 18.8 Å². The van der Waals surface area contributed by atoms with Crippen molar-refractivity contribution in [1.82, 2.24) is 0 Å². The van der Waals surface area contributed by atoms with Gasteiger partial charge in [0.1, 0.15) is 11.9 Å². The first-order valence-corrected chi connectivity index (χ1v) is 6.91. The molecule has 0 bridgehead atoms. The van der Waals surface area contributed by atoms with Crippen molar-refractivity contribution in [2.75, 3.05) is 13.2 Å². The third-order valence-corrected chi connectivity index (χ3v) is 3.84. The molecule has 1 aliphatic heterocycles. The van der Waals surface area contributed by atoms with E-state index in [-0.39, 0.29) is 11.7 Å². The van der Waals surface area contributed by atoms with Crippen LogP contribution in [0.1, 0.15) is 36.0 Å². The average Bonchev–Trinajstić information content (AvgIpc) is 2.90. The van der Waals surface area contributed by atoms with Gasteiger partial charge in [-0.3, -0.25) is 0 Å². The van der Waals surface area contributed by atoms with E-state index in [4.69, 9.17) is 14.2 Å². The SMILES string of the molecule is O=C(OC1CCC2(CC1)OCCO2)c1cccc(F)c1. The molecule has 0 atom stereocenters. The molecule has 0 unspecified atom stereocenters. The second kappa shape index (κ2) is 5.50. The van der Waals surface area contributed by atoms with Crippen molar-refractivity contribution in [2.24, 2.45) is 0 Å².